The van der Waals surface area contributed by atoms with E-state index in [2.05, 4.69) is 42.8 Å². The molecule has 1 aromatic carbocycles. The average Bonchev–Trinajstić information content (AvgIpc) is 3.15. The summed E-state index contributed by atoms with van der Waals surface area (Å²) in [6, 6.07) is 5.10. The van der Waals surface area contributed by atoms with Crippen molar-refractivity contribution in [2.24, 2.45) is 17.3 Å². The third-order valence-electron chi connectivity index (χ3n) is 8.11. The first-order chi connectivity index (χ1) is 13.8. The molecule has 0 heterocycles. The predicted octanol–water partition coefficient (Wildman–Crippen LogP) is 7.86. The fourth-order valence-corrected chi connectivity index (χ4v) is 6.43. The van der Waals surface area contributed by atoms with Gasteiger partial charge >= 0.3 is 0 Å². The third-order valence-corrected chi connectivity index (χ3v) is 8.67. The van der Waals surface area contributed by atoms with Crippen LogP contribution in [0.25, 0.3) is 0 Å². The van der Waals surface area contributed by atoms with Crippen molar-refractivity contribution in [1.29, 1.82) is 0 Å². The molecule has 29 heavy (non-hydrogen) atoms. The normalized spacial score (nSPS) is 26.1. The average molecular weight is 464 g/mol. The fraction of sp³-hybridized carbons (Fsp3) is 0.692. The lowest BCUT2D eigenvalue weighted by Gasteiger charge is -2.56. The number of phenolic OH excluding ortho intramolecular Hbond substituents is 2. The van der Waals surface area contributed by atoms with E-state index in [4.69, 9.17) is 0 Å². The van der Waals surface area contributed by atoms with Crippen molar-refractivity contribution in [3.63, 3.8) is 0 Å². The molecule has 0 saturated heterocycles. The predicted molar refractivity (Wildman–Crippen MR) is 126 cm³/mol. The monoisotopic (exact) mass is 462 g/mol. The zero-order valence-corrected chi connectivity index (χ0v) is 20.1. The smallest absolute Gasteiger partial charge is 0.119 e. The molecule has 4 aliphatic rings. The van der Waals surface area contributed by atoms with Crippen LogP contribution in [-0.2, 0) is 5.41 Å². The Balaban J connectivity index is 0.000000200. The topological polar surface area (TPSA) is 40.5 Å². The van der Waals surface area contributed by atoms with Crippen LogP contribution in [0.15, 0.2) is 29.8 Å². The molecular weight excluding hydrogens is 424 g/mol. The van der Waals surface area contributed by atoms with Gasteiger partial charge in [0.15, 0.2) is 0 Å². The highest BCUT2D eigenvalue weighted by Crippen LogP contribution is 2.58. The van der Waals surface area contributed by atoms with Crippen molar-refractivity contribution in [3.8, 4) is 11.5 Å². The molecule has 3 heteroatoms. The van der Waals surface area contributed by atoms with Gasteiger partial charge in [-0.15, -0.1) is 0 Å². The summed E-state index contributed by atoms with van der Waals surface area (Å²) in [7, 11) is 0. The number of phenols is 2. The van der Waals surface area contributed by atoms with Gasteiger partial charge in [-0.05, 0) is 85.8 Å². The third kappa shape index (κ3) is 5.03. The second-order valence-corrected chi connectivity index (χ2v) is 11.0. The van der Waals surface area contributed by atoms with Crippen molar-refractivity contribution in [3.05, 3.63) is 35.4 Å². The number of hydrogen-bond donors (Lipinski definition) is 2. The minimum atomic E-state index is 0.182. The summed E-state index contributed by atoms with van der Waals surface area (Å²) < 4.78 is 0. The van der Waals surface area contributed by atoms with Crippen molar-refractivity contribution >= 4 is 15.9 Å². The molecule has 2 fully saturated rings. The lowest BCUT2D eigenvalue weighted by molar-refractivity contribution is -0.00579. The summed E-state index contributed by atoms with van der Waals surface area (Å²) in [4.78, 5) is 0. The van der Waals surface area contributed by atoms with E-state index in [9.17, 15) is 10.2 Å². The Morgan fingerprint density at radius 2 is 1.66 bits per heavy atom. The molecule has 2 bridgehead atoms. The van der Waals surface area contributed by atoms with Gasteiger partial charge in [0.05, 0.1) is 0 Å². The molecule has 5 rings (SSSR count). The number of benzene rings is 1. The van der Waals surface area contributed by atoms with Crippen LogP contribution < -0.4 is 0 Å². The second kappa shape index (κ2) is 9.45. The number of rotatable bonds is 6. The Labute approximate surface area is 185 Å². The molecule has 0 aliphatic heterocycles. The molecule has 2 atom stereocenters. The number of fused-ring (bicyclic) bond motifs is 1. The van der Waals surface area contributed by atoms with E-state index in [0.29, 0.717) is 5.41 Å². The van der Waals surface area contributed by atoms with Crippen LogP contribution in [0.3, 0.4) is 0 Å². The van der Waals surface area contributed by atoms with Crippen LogP contribution in [0.4, 0.5) is 0 Å². The van der Waals surface area contributed by atoms with Crippen LogP contribution >= 0.6 is 15.9 Å². The van der Waals surface area contributed by atoms with Crippen LogP contribution in [0.2, 0.25) is 0 Å². The van der Waals surface area contributed by atoms with Crippen LogP contribution in [-0.4, -0.2) is 15.5 Å². The summed E-state index contributed by atoms with van der Waals surface area (Å²) in [5.41, 5.74) is 3.59. The van der Waals surface area contributed by atoms with Crippen molar-refractivity contribution < 1.29 is 10.2 Å². The number of allylic oxidation sites excluding steroid dienone is 2. The lowest BCUT2D eigenvalue weighted by Crippen LogP contribution is -2.47. The number of aromatic hydroxyl groups is 2. The van der Waals surface area contributed by atoms with Crippen molar-refractivity contribution in [2.75, 3.05) is 5.33 Å². The maximum Gasteiger partial charge on any atom is 0.119 e. The minimum Gasteiger partial charge on any atom is -0.508 e. The van der Waals surface area contributed by atoms with Gasteiger partial charge in [-0.1, -0.05) is 67.1 Å². The molecular formula is C26H39BrO2. The fourth-order valence-electron chi connectivity index (χ4n) is 6.03. The molecule has 0 radical (unpaired) electrons. The summed E-state index contributed by atoms with van der Waals surface area (Å²) in [6.07, 6.45) is 15.0. The molecule has 2 N–H and O–H groups in total. The number of hydrogen-bond acceptors (Lipinski definition) is 2. The van der Waals surface area contributed by atoms with Gasteiger partial charge < -0.3 is 10.2 Å². The van der Waals surface area contributed by atoms with Gasteiger partial charge in [-0.3, -0.25) is 0 Å². The Morgan fingerprint density at radius 3 is 2.14 bits per heavy atom. The van der Waals surface area contributed by atoms with Crippen LogP contribution in [0.1, 0.15) is 90.5 Å². The Bertz CT molecular complexity index is 695. The molecule has 1 aromatic rings. The van der Waals surface area contributed by atoms with E-state index in [0.717, 1.165) is 22.7 Å². The van der Waals surface area contributed by atoms with Gasteiger partial charge in [-0.25, -0.2) is 0 Å². The van der Waals surface area contributed by atoms with E-state index in [1.165, 1.54) is 70.3 Å². The van der Waals surface area contributed by atoms with Gasteiger partial charge in [-0.2, -0.15) is 0 Å². The van der Waals surface area contributed by atoms with E-state index in [-0.39, 0.29) is 16.9 Å². The standard InChI is InChI=1S/C16H23BrO2.C10H16/c17-9-5-1-2-6-16(7-3-4-8-16)13-10-14(18)12-15(19)11-13;1-7-4-5-8-6-9(7)10(8,2)3/h10-12,18-19H,1-9H2;4,8-9H,5-6H2,1-3H3. The molecule has 162 valence electrons. The lowest BCUT2D eigenvalue weighted by atomic mass is 9.49. The second-order valence-electron chi connectivity index (χ2n) is 10.2. The zero-order chi connectivity index (χ0) is 21.1. The van der Waals surface area contributed by atoms with E-state index < -0.39 is 0 Å². The first-order valence-corrected chi connectivity index (χ1v) is 12.7. The van der Waals surface area contributed by atoms with Crippen LogP contribution in [0.5, 0.6) is 11.5 Å². The zero-order valence-electron chi connectivity index (χ0n) is 18.5. The first-order valence-electron chi connectivity index (χ1n) is 11.5. The molecule has 2 unspecified atom stereocenters. The Morgan fingerprint density at radius 1 is 1.00 bits per heavy atom. The van der Waals surface area contributed by atoms with Gasteiger partial charge in [0.1, 0.15) is 11.5 Å². The minimum absolute atomic E-state index is 0.182. The molecule has 2 nitrogen and oxygen atoms in total. The molecule has 0 amide bonds. The van der Waals surface area contributed by atoms with Gasteiger partial charge in [0, 0.05) is 11.4 Å². The first kappa shape index (κ1) is 22.7. The van der Waals surface area contributed by atoms with E-state index in [1.54, 1.807) is 5.57 Å². The molecule has 2 saturated carbocycles. The maximum atomic E-state index is 9.71. The summed E-state index contributed by atoms with van der Waals surface area (Å²) in [5, 5.41) is 20.5. The number of alkyl halides is 1. The van der Waals surface area contributed by atoms with Gasteiger partial charge in [0.2, 0.25) is 0 Å². The van der Waals surface area contributed by atoms with E-state index in [1.807, 2.05) is 12.1 Å². The summed E-state index contributed by atoms with van der Waals surface area (Å²) in [5.74, 6) is 2.29. The maximum absolute atomic E-state index is 9.71. The molecule has 4 aliphatic carbocycles. The van der Waals surface area contributed by atoms with Crippen molar-refractivity contribution in [1.82, 2.24) is 0 Å². The summed E-state index contributed by atoms with van der Waals surface area (Å²) in [6.45, 7) is 7.13. The molecule has 0 spiro atoms. The van der Waals surface area contributed by atoms with Crippen LogP contribution in [0, 0.1) is 17.3 Å². The Kier molecular flexibility index (Phi) is 7.41. The highest BCUT2D eigenvalue weighted by atomic mass is 79.9. The highest BCUT2D eigenvalue weighted by Gasteiger charge is 2.49. The quantitative estimate of drug-likeness (QED) is 0.256. The van der Waals surface area contributed by atoms with E-state index >= 15 is 0 Å². The van der Waals surface area contributed by atoms with Gasteiger partial charge in [0.25, 0.3) is 0 Å². The summed E-state index contributed by atoms with van der Waals surface area (Å²) >= 11 is 3.47. The number of halogens is 1. The number of unbranched alkanes of at least 4 members (excludes halogenated alkanes) is 2. The SMILES string of the molecule is CC1=CCC2CC1C2(C)C.Oc1cc(O)cc(C2(CCCCCBr)CCCC2)c1. The largest absolute Gasteiger partial charge is 0.508 e. The molecule has 0 aromatic heterocycles. The Hall–Kier alpha value is -0.960. The highest BCUT2D eigenvalue weighted by molar-refractivity contribution is 9.09. The van der Waals surface area contributed by atoms with Crippen molar-refractivity contribution in [2.45, 2.75) is 90.4 Å².